The molecule has 1 aliphatic rings. The van der Waals surface area contributed by atoms with Gasteiger partial charge in [-0.2, -0.15) is 0 Å². The Kier molecular flexibility index (Phi) is 4.16. The van der Waals surface area contributed by atoms with Gasteiger partial charge in [-0.3, -0.25) is 4.79 Å². The van der Waals surface area contributed by atoms with Crippen molar-refractivity contribution in [1.29, 1.82) is 0 Å². The highest BCUT2D eigenvalue weighted by Crippen LogP contribution is 2.20. The van der Waals surface area contributed by atoms with Crippen LogP contribution in [-0.4, -0.2) is 36.5 Å². The number of rotatable bonds is 1. The highest BCUT2D eigenvalue weighted by Gasteiger charge is 2.27. The number of nitrogens with zero attached hydrogens (tertiary/aromatic N) is 1. The van der Waals surface area contributed by atoms with E-state index < -0.39 is 23.1 Å². The lowest BCUT2D eigenvalue weighted by Crippen LogP contribution is -2.51. The summed E-state index contributed by atoms with van der Waals surface area (Å²) in [5.74, 6) is -2.15. The van der Waals surface area contributed by atoms with Crippen LogP contribution in [0.4, 0.5) is 8.78 Å². The van der Waals surface area contributed by atoms with Crippen molar-refractivity contribution in [3.8, 4) is 0 Å². The number of hydrogen-bond donors (Lipinski definition) is 1. The number of hydrogen-bond acceptors (Lipinski definition) is 2. The molecule has 1 atom stereocenters. The van der Waals surface area contributed by atoms with Gasteiger partial charge in [-0.1, -0.05) is 0 Å². The first-order chi connectivity index (χ1) is 8.50. The van der Waals surface area contributed by atoms with Crippen LogP contribution in [0, 0.1) is 15.2 Å². The molecule has 18 heavy (non-hydrogen) atoms. The second-order valence-corrected chi connectivity index (χ2v) is 5.49. The Balaban J connectivity index is 2.31. The van der Waals surface area contributed by atoms with Crippen molar-refractivity contribution < 1.29 is 13.6 Å². The molecule has 1 fully saturated rings. The maximum absolute atomic E-state index is 13.9. The van der Waals surface area contributed by atoms with E-state index in [0.29, 0.717) is 19.6 Å². The van der Waals surface area contributed by atoms with Crippen LogP contribution >= 0.6 is 22.6 Å². The zero-order valence-electron chi connectivity index (χ0n) is 9.84. The molecule has 1 saturated heterocycles. The molecule has 1 aliphatic heterocycles. The highest BCUT2D eigenvalue weighted by molar-refractivity contribution is 14.1. The van der Waals surface area contributed by atoms with Crippen molar-refractivity contribution in [1.82, 2.24) is 10.2 Å². The average molecular weight is 366 g/mol. The molecule has 1 N–H and O–H groups in total. The first-order valence-electron chi connectivity index (χ1n) is 5.67. The van der Waals surface area contributed by atoms with Crippen molar-refractivity contribution in [2.45, 2.75) is 13.0 Å². The van der Waals surface area contributed by atoms with Gasteiger partial charge < -0.3 is 10.2 Å². The summed E-state index contributed by atoms with van der Waals surface area (Å²) < 4.78 is 27.7. The lowest BCUT2D eigenvalue weighted by atomic mass is 10.1. The Hall–Kier alpha value is -0.760. The number of benzene rings is 1. The summed E-state index contributed by atoms with van der Waals surface area (Å²) in [7, 11) is 0. The maximum Gasteiger partial charge on any atom is 0.259 e. The minimum atomic E-state index is -0.802. The summed E-state index contributed by atoms with van der Waals surface area (Å²) in [6.45, 7) is 3.50. The number of piperazine rings is 1. The molecule has 0 unspecified atom stereocenters. The second kappa shape index (κ2) is 5.48. The van der Waals surface area contributed by atoms with Crippen LogP contribution in [0.2, 0.25) is 0 Å². The lowest BCUT2D eigenvalue weighted by Gasteiger charge is -2.32. The quantitative estimate of drug-likeness (QED) is 0.609. The number of nitrogens with one attached hydrogen (secondary N) is 1. The minimum Gasteiger partial charge on any atom is -0.336 e. The van der Waals surface area contributed by atoms with Crippen LogP contribution in [0.1, 0.15) is 17.3 Å². The first kappa shape index (κ1) is 13.7. The van der Waals surface area contributed by atoms with Crippen molar-refractivity contribution in [2.24, 2.45) is 0 Å². The van der Waals surface area contributed by atoms with Crippen molar-refractivity contribution >= 4 is 28.5 Å². The molecule has 3 nitrogen and oxygen atoms in total. The predicted molar refractivity (Wildman–Crippen MR) is 72.4 cm³/mol. The van der Waals surface area contributed by atoms with Gasteiger partial charge in [0.2, 0.25) is 0 Å². The monoisotopic (exact) mass is 366 g/mol. The molecular formula is C12H13F2IN2O. The molecular weight excluding hydrogens is 353 g/mol. The summed E-state index contributed by atoms with van der Waals surface area (Å²) in [5, 5.41) is 3.18. The van der Waals surface area contributed by atoms with Crippen molar-refractivity contribution in [3.63, 3.8) is 0 Å². The van der Waals surface area contributed by atoms with E-state index in [1.165, 1.54) is 11.0 Å². The van der Waals surface area contributed by atoms with Gasteiger partial charge in [0.15, 0.2) is 5.82 Å². The highest BCUT2D eigenvalue weighted by atomic mass is 127. The SMILES string of the molecule is C[C@H]1CN(C(=O)c2c(F)ccc(I)c2F)CCN1. The molecule has 0 aromatic heterocycles. The predicted octanol–water partition coefficient (Wildman–Crippen LogP) is 2.00. The van der Waals surface area contributed by atoms with Gasteiger partial charge in [-0.15, -0.1) is 0 Å². The van der Waals surface area contributed by atoms with Crippen LogP contribution in [0.3, 0.4) is 0 Å². The number of carbonyl (C=O) groups excluding carboxylic acids is 1. The topological polar surface area (TPSA) is 32.3 Å². The zero-order chi connectivity index (χ0) is 13.3. The summed E-state index contributed by atoms with van der Waals surface area (Å²) >= 11 is 1.75. The van der Waals surface area contributed by atoms with E-state index in [-0.39, 0.29) is 9.61 Å². The Morgan fingerprint density at radius 3 is 2.89 bits per heavy atom. The van der Waals surface area contributed by atoms with Gasteiger partial charge in [0.1, 0.15) is 11.4 Å². The molecule has 1 heterocycles. The van der Waals surface area contributed by atoms with Gasteiger partial charge in [-0.25, -0.2) is 8.78 Å². The van der Waals surface area contributed by atoms with E-state index in [1.54, 1.807) is 22.6 Å². The van der Waals surface area contributed by atoms with E-state index >= 15 is 0 Å². The Bertz CT molecular complexity index is 481. The molecule has 1 aromatic carbocycles. The van der Waals surface area contributed by atoms with Crippen molar-refractivity contribution in [3.05, 3.63) is 32.9 Å². The summed E-state index contributed by atoms with van der Waals surface area (Å²) in [6.07, 6.45) is 0. The van der Waals surface area contributed by atoms with Gasteiger partial charge in [0.25, 0.3) is 5.91 Å². The van der Waals surface area contributed by atoms with E-state index in [2.05, 4.69) is 5.32 Å². The normalized spacial score (nSPS) is 20.0. The molecule has 1 aromatic rings. The smallest absolute Gasteiger partial charge is 0.259 e. The first-order valence-corrected chi connectivity index (χ1v) is 6.74. The molecule has 0 spiro atoms. The summed E-state index contributed by atoms with van der Waals surface area (Å²) in [4.78, 5) is 13.6. The summed E-state index contributed by atoms with van der Waals surface area (Å²) in [5.41, 5.74) is -0.448. The number of amides is 1. The fourth-order valence-electron chi connectivity index (χ4n) is 2.00. The third kappa shape index (κ3) is 2.64. The molecule has 6 heteroatoms. The van der Waals surface area contributed by atoms with Crippen LogP contribution in [0.25, 0.3) is 0 Å². The molecule has 2 rings (SSSR count). The van der Waals surface area contributed by atoms with E-state index in [1.807, 2.05) is 6.92 Å². The third-order valence-corrected chi connectivity index (χ3v) is 3.75. The van der Waals surface area contributed by atoms with Gasteiger partial charge in [-0.05, 0) is 41.6 Å². The Morgan fingerprint density at radius 1 is 1.50 bits per heavy atom. The van der Waals surface area contributed by atoms with Crippen LogP contribution < -0.4 is 5.32 Å². The van der Waals surface area contributed by atoms with Crippen LogP contribution in [0.5, 0.6) is 0 Å². The molecule has 0 saturated carbocycles. The third-order valence-electron chi connectivity index (χ3n) is 2.91. The van der Waals surface area contributed by atoms with Gasteiger partial charge >= 0.3 is 0 Å². The van der Waals surface area contributed by atoms with Crippen LogP contribution in [0.15, 0.2) is 12.1 Å². The number of carbonyl (C=O) groups is 1. The largest absolute Gasteiger partial charge is 0.336 e. The Labute approximate surface area is 118 Å². The fraction of sp³-hybridized carbons (Fsp3) is 0.417. The van der Waals surface area contributed by atoms with E-state index in [9.17, 15) is 13.6 Å². The molecule has 98 valence electrons. The minimum absolute atomic E-state index is 0.136. The average Bonchev–Trinajstić information content (AvgIpc) is 2.34. The van der Waals surface area contributed by atoms with Crippen LogP contribution in [-0.2, 0) is 0 Å². The van der Waals surface area contributed by atoms with E-state index in [0.717, 1.165) is 6.07 Å². The summed E-state index contributed by atoms with van der Waals surface area (Å²) in [6, 6.07) is 2.59. The maximum atomic E-state index is 13.9. The standard InChI is InChI=1S/C12H13F2IN2O/c1-7-6-17(5-4-16-7)12(18)10-8(13)2-3-9(15)11(10)14/h2-3,7,16H,4-6H2,1H3/t7-/m0/s1. The Morgan fingerprint density at radius 2 is 2.22 bits per heavy atom. The van der Waals surface area contributed by atoms with Crippen molar-refractivity contribution in [2.75, 3.05) is 19.6 Å². The molecule has 0 bridgehead atoms. The van der Waals surface area contributed by atoms with E-state index in [4.69, 9.17) is 0 Å². The number of halogens is 3. The molecule has 0 aliphatic carbocycles. The molecule has 0 radical (unpaired) electrons. The second-order valence-electron chi connectivity index (χ2n) is 4.32. The lowest BCUT2D eigenvalue weighted by molar-refractivity contribution is 0.0699. The molecule has 1 amide bonds. The fourth-order valence-corrected chi connectivity index (χ4v) is 2.45. The van der Waals surface area contributed by atoms with Gasteiger partial charge in [0.05, 0.1) is 0 Å². The zero-order valence-corrected chi connectivity index (χ0v) is 12.0. The van der Waals surface area contributed by atoms with Gasteiger partial charge in [0, 0.05) is 29.2 Å².